The first kappa shape index (κ1) is 18.9. The quantitative estimate of drug-likeness (QED) is 0.634. The maximum absolute atomic E-state index is 13.1. The Bertz CT molecular complexity index is 784. The van der Waals surface area contributed by atoms with Crippen LogP contribution in [0.25, 0.3) is 5.69 Å². The number of ether oxygens (including phenoxy) is 2. The molecule has 1 aromatic carbocycles. The van der Waals surface area contributed by atoms with E-state index in [4.69, 9.17) is 9.47 Å². The van der Waals surface area contributed by atoms with Crippen molar-refractivity contribution >= 4 is 11.9 Å². The number of aromatic nitrogens is 2. The van der Waals surface area contributed by atoms with Crippen LogP contribution in [0, 0.1) is 5.92 Å². The van der Waals surface area contributed by atoms with Crippen LogP contribution < -0.4 is 4.74 Å². The molecule has 1 heterocycles. The zero-order valence-corrected chi connectivity index (χ0v) is 15.8. The molecule has 3 rings (SSSR count). The lowest BCUT2D eigenvalue weighted by molar-refractivity contribution is -0.143. The zero-order valence-electron chi connectivity index (χ0n) is 15.8. The molecule has 0 aliphatic heterocycles. The van der Waals surface area contributed by atoms with E-state index >= 15 is 0 Å². The van der Waals surface area contributed by atoms with Crippen molar-refractivity contribution in [3.05, 3.63) is 42.2 Å². The first-order valence-corrected chi connectivity index (χ1v) is 9.26. The molecule has 1 aliphatic carbocycles. The predicted octanol–water partition coefficient (Wildman–Crippen LogP) is 2.69. The highest BCUT2D eigenvalue weighted by molar-refractivity contribution is 5.95. The van der Waals surface area contributed by atoms with Gasteiger partial charge in [0.2, 0.25) is 0 Å². The molecule has 1 aliphatic rings. The minimum atomic E-state index is -0.298. The number of amides is 1. The number of para-hydroxylation sites is 1. The molecular weight excluding hydrogens is 346 g/mol. The number of rotatable bonds is 9. The standard InChI is InChI=1S/C20H25N3O4/c1-3-27-18(24)11-12-22(13-15-9-10-15)20(25)19-17(26-2)14-23(21-19)16-7-5-4-6-8-16/h4-8,14-15H,3,9-13H2,1-2H3. The highest BCUT2D eigenvalue weighted by Crippen LogP contribution is 2.31. The minimum absolute atomic E-state index is 0.175. The van der Waals surface area contributed by atoms with E-state index in [1.54, 1.807) is 22.7 Å². The van der Waals surface area contributed by atoms with Crippen LogP contribution in [0.1, 0.15) is 36.7 Å². The van der Waals surface area contributed by atoms with E-state index in [9.17, 15) is 9.59 Å². The molecule has 0 N–H and O–H groups in total. The fourth-order valence-electron chi connectivity index (χ4n) is 2.87. The molecule has 1 fully saturated rings. The van der Waals surface area contributed by atoms with E-state index in [-0.39, 0.29) is 24.0 Å². The summed E-state index contributed by atoms with van der Waals surface area (Å²) in [5.74, 6) is 0.393. The number of methoxy groups -OCH3 is 1. The molecule has 2 aromatic rings. The Balaban J connectivity index is 1.79. The van der Waals surface area contributed by atoms with Gasteiger partial charge >= 0.3 is 5.97 Å². The average molecular weight is 371 g/mol. The largest absolute Gasteiger partial charge is 0.493 e. The molecule has 0 unspecified atom stereocenters. The molecule has 27 heavy (non-hydrogen) atoms. The molecule has 0 atom stereocenters. The lowest BCUT2D eigenvalue weighted by Gasteiger charge is -2.21. The summed E-state index contributed by atoms with van der Waals surface area (Å²) in [6, 6.07) is 9.54. The normalized spacial score (nSPS) is 13.3. The first-order valence-electron chi connectivity index (χ1n) is 9.26. The summed E-state index contributed by atoms with van der Waals surface area (Å²) in [5, 5.41) is 4.45. The summed E-state index contributed by atoms with van der Waals surface area (Å²) in [4.78, 5) is 26.5. The Morgan fingerprint density at radius 3 is 2.63 bits per heavy atom. The van der Waals surface area contributed by atoms with E-state index in [1.165, 1.54) is 7.11 Å². The summed E-state index contributed by atoms with van der Waals surface area (Å²) >= 11 is 0. The highest BCUT2D eigenvalue weighted by Gasteiger charge is 2.30. The van der Waals surface area contributed by atoms with E-state index in [0.717, 1.165) is 18.5 Å². The molecule has 1 amide bonds. The monoisotopic (exact) mass is 371 g/mol. The third-order valence-electron chi connectivity index (χ3n) is 4.48. The Morgan fingerprint density at radius 2 is 2.00 bits per heavy atom. The second-order valence-corrected chi connectivity index (χ2v) is 6.58. The van der Waals surface area contributed by atoms with Gasteiger partial charge in [-0.05, 0) is 37.8 Å². The Labute approximate surface area is 158 Å². The number of carbonyl (C=O) groups is 2. The van der Waals surface area contributed by atoms with Gasteiger partial charge in [-0.3, -0.25) is 9.59 Å². The predicted molar refractivity (Wildman–Crippen MR) is 100.0 cm³/mol. The van der Waals surface area contributed by atoms with Crippen molar-refractivity contribution in [1.82, 2.24) is 14.7 Å². The molecule has 7 heteroatoms. The van der Waals surface area contributed by atoms with Crippen molar-refractivity contribution in [2.75, 3.05) is 26.8 Å². The van der Waals surface area contributed by atoms with Crippen LogP contribution in [0.15, 0.2) is 36.5 Å². The smallest absolute Gasteiger partial charge is 0.307 e. The molecule has 7 nitrogen and oxygen atoms in total. The van der Waals surface area contributed by atoms with E-state index < -0.39 is 0 Å². The summed E-state index contributed by atoms with van der Waals surface area (Å²) < 4.78 is 12.0. The second kappa shape index (κ2) is 8.70. The fourth-order valence-corrected chi connectivity index (χ4v) is 2.87. The molecule has 0 spiro atoms. The van der Waals surface area contributed by atoms with Gasteiger partial charge in [-0.2, -0.15) is 5.10 Å². The third kappa shape index (κ3) is 4.87. The Morgan fingerprint density at radius 1 is 1.26 bits per heavy atom. The van der Waals surface area contributed by atoms with E-state index in [0.29, 0.717) is 31.4 Å². The number of benzene rings is 1. The SMILES string of the molecule is CCOC(=O)CCN(CC1CC1)C(=O)c1nn(-c2ccccc2)cc1OC. The second-order valence-electron chi connectivity index (χ2n) is 6.58. The van der Waals surface area contributed by atoms with Crippen LogP contribution in [0.3, 0.4) is 0 Å². The van der Waals surface area contributed by atoms with Gasteiger partial charge < -0.3 is 14.4 Å². The Kier molecular flexibility index (Phi) is 6.11. The molecule has 0 bridgehead atoms. The molecule has 1 aromatic heterocycles. The lowest BCUT2D eigenvalue weighted by Crippen LogP contribution is -2.35. The maximum atomic E-state index is 13.1. The Hall–Kier alpha value is -2.83. The van der Waals surface area contributed by atoms with Crippen LogP contribution >= 0.6 is 0 Å². The van der Waals surface area contributed by atoms with Crippen LogP contribution in [0.4, 0.5) is 0 Å². The molecule has 1 saturated carbocycles. The van der Waals surface area contributed by atoms with Gasteiger partial charge in [0.25, 0.3) is 5.91 Å². The van der Waals surface area contributed by atoms with Crippen LogP contribution in [0.2, 0.25) is 0 Å². The van der Waals surface area contributed by atoms with Gasteiger partial charge in [-0.1, -0.05) is 18.2 Å². The molecule has 144 valence electrons. The fraction of sp³-hybridized carbons (Fsp3) is 0.450. The maximum Gasteiger partial charge on any atom is 0.307 e. The van der Waals surface area contributed by atoms with Gasteiger partial charge in [0.15, 0.2) is 11.4 Å². The zero-order chi connectivity index (χ0) is 19.2. The molecular formula is C20H25N3O4. The van der Waals surface area contributed by atoms with Gasteiger partial charge in [-0.15, -0.1) is 0 Å². The van der Waals surface area contributed by atoms with E-state index in [2.05, 4.69) is 5.10 Å². The number of hydrogen-bond donors (Lipinski definition) is 0. The van der Waals surface area contributed by atoms with Crippen molar-refractivity contribution < 1.29 is 19.1 Å². The third-order valence-corrected chi connectivity index (χ3v) is 4.48. The highest BCUT2D eigenvalue weighted by atomic mass is 16.5. The summed E-state index contributed by atoms with van der Waals surface area (Å²) in [6.45, 7) is 3.05. The van der Waals surface area contributed by atoms with Crippen molar-refractivity contribution in [3.8, 4) is 11.4 Å². The number of carbonyl (C=O) groups excluding carboxylic acids is 2. The van der Waals surface area contributed by atoms with Crippen LogP contribution in [-0.4, -0.2) is 53.4 Å². The van der Waals surface area contributed by atoms with Gasteiger partial charge in [0.05, 0.1) is 32.0 Å². The average Bonchev–Trinajstić information content (AvgIpc) is 3.40. The first-order chi connectivity index (χ1) is 13.1. The summed E-state index contributed by atoms with van der Waals surface area (Å²) in [6.07, 6.45) is 4.09. The van der Waals surface area contributed by atoms with Gasteiger partial charge in [-0.25, -0.2) is 4.68 Å². The summed E-state index contributed by atoms with van der Waals surface area (Å²) in [5.41, 5.74) is 1.10. The van der Waals surface area contributed by atoms with E-state index in [1.807, 2.05) is 30.3 Å². The number of nitrogens with zero attached hydrogens (tertiary/aromatic N) is 3. The van der Waals surface area contributed by atoms with Crippen molar-refractivity contribution in [3.63, 3.8) is 0 Å². The summed E-state index contributed by atoms with van der Waals surface area (Å²) in [7, 11) is 1.52. The topological polar surface area (TPSA) is 73.7 Å². The number of esters is 1. The minimum Gasteiger partial charge on any atom is -0.493 e. The molecule has 0 radical (unpaired) electrons. The van der Waals surface area contributed by atoms with Gasteiger partial charge in [0, 0.05) is 13.1 Å². The van der Waals surface area contributed by atoms with Crippen LogP contribution in [-0.2, 0) is 9.53 Å². The lowest BCUT2D eigenvalue weighted by atomic mass is 10.2. The van der Waals surface area contributed by atoms with Crippen molar-refractivity contribution in [1.29, 1.82) is 0 Å². The van der Waals surface area contributed by atoms with Crippen molar-refractivity contribution in [2.24, 2.45) is 5.92 Å². The van der Waals surface area contributed by atoms with Gasteiger partial charge in [0.1, 0.15) is 0 Å². The van der Waals surface area contributed by atoms with Crippen LogP contribution in [0.5, 0.6) is 5.75 Å². The molecule has 0 saturated heterocycles. The van der Waals surface area contributed by atoms with Crippen molar-refractivity contribution in [2.45, 2.75) is 26.2 Å². The number of hydrogen-bond acceptors (Lipinski definition) is 5.